The molecule has 1 rings (SSSR count). The van der Waals surface area contributed by atoms with Crippen LogP contribution in [0.5, 0.6) is 0 Å². The Hall–Kier alpha value is -0.0800. The van der Waals surface area contributed by atoms with E-state index in [1.54, 1.807) is 0 Å². The highest BCUT2D eigenvalue weighted by Crippen LogP contribution is 2.13. The van der Waals surface area contributed by atoms with Crippen LogP contribution in [0.25, 0.3) is 0 Å². The standard InChI is InChI=1S/C10H21NO/c1-4-10-7-11(5-2)6-9(3)12-8-10/h9-10H,4-8H2,1-3H3/t9-,10?/m1/s1. The molecule has 2 atom stereocenters. The Morgan fingerprint density at radius 1 is 1.33 bits per heavy atom. The van der Waals surface area contributed by atoms with Crippen molar-refractivity contribution >= 4 is 0 Å². The van der Waals surface area contributed by atoms with Crippen molar-refractivity contribution in [1.29, 1.82) is 0 Å². The molecule has 0 bridgehead atoms. The summed E-state index contributed by atoms with van der Waals surface area (Å²) in [6.07, 6.45) is 1.66. The molecule has 0 aromatic carbocycles. The van der Waals surface area contributed by atoms with Gasteiger partial charge in [-0.25, -0.2) is 0 Å². The van der Waals surface area contributed by atoms with E-state index in [2.05, 4.69) is 25.7 Å². The topological polar surface area (TPSA) is 12.5 Å². The molecule has 0 radical (unpaired) electrons. The van der Waals surface area contributed by atoms with Crippen LogP contribution in [-0.4, -0.2) is 37.2 Å². The lowest BCUT2D eigenvalue weighted by atomic mass is 10.1. The van der Waals surface area contributed by atoms with Crippen LogP contribution >= 0.6 is 0 Å². The summed E-state index contributed by atoms with van der Waals surface area (Å²) >= 11 is 0. The second-order valence-electron chi connectivity index (χ2n) is 3.77. The van der Waals surface area contributed by atoms with Crippen molar-refractivity contribution in [3.63, 3.8) is 0 Å². The lowest BCUT2D eigenvalue weighted by molar-refractivity contribution is 0.0550. The number of hydrogen-bond donors (Lipinski definition) is 0. The van der Waals surface area contributed by atoms with Gasteiger partial charge in [-0.2, -0.15) is 0 Å². The van der Waals surface area contributed by atoms with Gasteiger partial charge in [-0.05, 0) is 25.8 Å². The van der Waals surface area contributed by atoms with E-state index in [4.69, 9.17) is 4.74 Å². The predicted molar refractivity (Wildman–Crippen MR) is 51.3 cm³/mol. The van der Waals surface area contributed by atoms with Crippen molar-refractivity contribution in [2.45, 2.75) is 33.3 Å². The molecule has 1 aliphatic rings. The minimum Gasteiger partial charge on any atom is -0.377 e. The predicted octanol–water partition coefficient (Wildman–Crippen LogP) is 1.75. The van der Waals surface area contributed by atoms with Crippen molar-refractivity contribution in [3.8, 4) is 0 Å². The van der Waals surface area contributed by atoms with Crippen LogP contribution in [-0.2, 0) is 4.74 Å². The highest BCUT2D eigenvalue weighted by molar-refractivity contribution is 4.71. The summed E-state index contributed by atoms with van der Waals surface area (Å²) in [5, 5.41) is 0. The van der Waals surface area contributed by atoms with Crippen LogP contribution in [0, 0.1) is 5.92 Å². The van der Waals surface area contributed by atoms with Gasteiger partial charge in [0.25, 0.3) is 0 Å². The summed E-state index contributed by atoms with van der Waals surface area (Å²) in [5.41, 5.74) is 0. The minimum absolute atomic E-state index is 0.418. The Morgan fingerprint density at radius 2 is 2.08 bits per heavy atom. The van der Waals surface area contributed by atoms with E-state index >= 15 is 0 Å². The fourth-order valence-corrected chi connectivity index (χ4v) is 1.71. The van der Waals surface area contributed by atoms with Gasteiger partial charge in [0, 0.05) is 13.1 Å². The SMILES string of the molecule is CCC1CO[C@H](C)CN(CC)C1. The lowest BCUT2D eigenvalue weighted by Crippen LogP contribution is -2.31. The average molecular weight is 171 g/mol. The Balaban J connectivity index is 2.43. The van der Waals surface area contributed by atoms with Crippen molar-refractivity contribution in [2.75, 3.05) is 26.2 Å². The zero-order chi connectivity index (χ0) is 8.97. The van der Waals surface area contributed by atoms with Crippen molar-refractivity contribution in [3.05, 3.63) is 0 Å². The van der Waals surface area contributed by atoms with E-state index in [1.807, 2.05) is 0 Å². The summed E-state index contributed by atoms with van der Waals surface area (Å²) < 4.78 is 5.70. The zero-order valence-corrected chi connectivity index (χ0v) is 8.55. The first-order valence-electron chi connectivity index (χ1n) is 5.10. The van der Waals surface area contributed by atoms with Crippen LogP contribution in [0.2, 0.25) is 0 Å². The van der Waals surface area contributed by atoms with Crippen molar-refractivity contribution in [1.82, 2.24) is 4.90 Å². The van der Waals surface area contributed by atoms with E-state index in [1.165, 1.54) is 13.0 Å². The molecule has 1 heterocycles. The normalized spacial score (nSPS) is 33.2. The first kappa shape index (κ1) is 10.0. The van der Waals surface area contributed by atoms with E-state index in [-0.39, 0.29) is 0 Å². The highest BCUT2D eigenvalue weighted by Gasteiger charge is 2.19. The largest absolute Gasteiger partial charge is 0.377 e. The number of likely N-dealkylation sites (N-methyl/N-ethyl adjacent to an activating group) is 1. The van der Waals surface area contributed by atoms with Gasteiger partial charge in [0.15, 0.2) is 0 Å². The molecule has 1 aliphatic heterocycles. The third-order valence-electron chi connectivity index (χ3n) is 2.67. The minimum atomic E-state index is 0.418. The first-order valence-corrected chi connectivity index (χ1v) is 5.10. The second kappa shape index (κ2) is 4.83. The average Bonchev–Trinajstić information content (AvgIpc) is 2.26. The monoisotopic (exact) mass is 171 g/mol. The van der Waals surface area contributed by atoms with Gasteiger partial charge in [0.05, 0.1) is 12.7 Å². The van der Waals surface area contributed by atoms with Gasteiger partial charge in [0.2, 0.25) is 0 Å². The maximum atomic E-state index is 5.70. The van der Waals surface area contributed by atoms with Crippen molar-refractivity contribution in [2.24, 2.45) is 5.92 Å². The molecule has 12 heavy (non-hydrogen) atoms. The molecule has 1 fully saturated rings. The summed E-state index contributed by atoms with van der Waals surface area (Å²) in [6, 6.07) is 0. The van der Waals surface area contributed by atoms with Crippen LogP contribution in [0.3, 0.4) is 0 Å². The Morgan fingerprint density at radius 3 is 2.67 bits per heavy atom. The van der Waals surface area contributed by atoms with Crippen molar-refractivity contribution < 1.29 is 4.74 Å². The Bertz CT molecular complexity index is 127. The van der Waals surface area contributed by atoms with E-state index in [9.17, 15) is 0 Å². The van der Waals surface area contributed by atoms with Gasteiger partial charge in [-0.1, -0.05) is 13.8 Å². The lowest BCUT2D eigenvalue weighted by Gasteiger charge is -2.21. The smallest absolute Gasteiger partial charge is 0.0674 e. The molecule has 0 aromatic heterocycles. The summed E-state index contributed by atoms with van der Waals surface area (Å²) in [6.45, 7) is 11.1. The number of rotatable bonds is 2. The van der Waals surface area contributed by atoms with Gasteiger partial charge in [-0.15, -0.1) is 0 Å². The summed E-state index contributed by atoms with van der Waals surface area (Å²) in [7, 11) is 0. The zero-order valence-electron chi connectivity index (χ0n) is 8.55. The number of hydrogen-bond acceptors (Lipinski definition) is 2. The van der Waals surface area contributed by atoms with E-state index in [0.29, 0.717) is 6.10 Å². The van der Waals surface area contributed by atoms with Gasteiger partial charge in [-0.3, -0.25) is 0 Å². The Kier molecular flexibility index (Phi) is 4.02. The number of nitrogens with zero attached hydrogens (tertiary/aromatic N) is 1. The third kappa shape index (κ3) is 2.76. The molecule has 2 heteroatoms. The van der Waals surface area contributed by atoms with Crippen LogP contribution < -0.4 is 0 Å². The molecule has 0 spiro atoms. The van der Waals surface area contributed by atoms with E-state index in [0.717, 1.165) is 25.6 Å². The second-order valence-corrected chi connectivity index (χ2v) is 3.77. The molecular weight excluding hydrogens is 150 g/mol. The maximum Gasteiger partial charge on any atom is 0.0674 e. The van der Waals surface area contributed by atoms with Crippen LogP contribution in [0.15, 0.2) is 0 Å². The summed E-state index contributed by atoms with van der Waals surface area (Å²) in [5.74, 6) is 0.745. The van der Waals surface area contributed by atoms with Crippen LogP contribution in [0.4, 0.5) is 0 Å². The quantitative estimate of drug-likeness (QED) is 0.627. The van der Waals surface area contributed by atoms with Gasteiger partial charge >= 0.3 is 0 Å². The molecule has 72 valence electrons. The fraction of sp³-hybridized carbons (Fsp3) is 1.00. The molecule has 0 aliphatic carbocycles. The molecule has 0 N–H and O–H groups in total. The van der Waals surface area contributed by atoms with Crippen LogP contribution in [0.1, 0.15) is 27.2 Å². The number of ether oxygens (including phenoxy) is 1. The highest BCUT2D eigenvalue weighted by atomic mass is 16.5. The molecular formula is C10H21NO. The Labute approximate surface area is 75.9 Å². The maximum absolute atomic E-state index is 5.70. The molecule has 1 unspecified atom stereocenters. The fourth-order valence-electron chi connectivity index (χ4n) is 1.71. The molecule has 0 aromatic rings. The molecule has 2 nitrogen and oxygen atoms in total. The molecule has 0 amide bonds. The molecule has 0 saturated carbocycles. The van der Waals surface area contributed by atoms with Gasteiger partial charge < -0.3 is 9.64 Å². The van der Waals surface area contributed by atoms with Gasteiger partial charge in [0.1, 0.15) is 0 Å². The van der Waals surface area contributed by atoms with E-state index < -0.39 is 0 Å². The molecule has 1 saturated heterocycles. The first-order chi connectivity index (χ1) is 5.76. The summed E-state index contributed by atoms with van der Waals surface area (Å²) in [4.78, 5) is 2.49. The third-order valence-corrected chi connectivity index (χ3v) is 2.67.